The van der Waals surface area contributed by atoms with Crippen molar-refractivity contribution in [3.05, 3.63) is 266 Å². The largest absolute Gasteiger partial charge is 0.344 e. The normalized spacial score (nSPS) is 15.0. The highest BCUT2D eigenvalue weighted by molar-refractivity contribution is 5.89. The minimum Gasteiger partial charge on any atom is -0.344 e. The van der Waals surface area contributed by atoms with Crippen LogP contribution in [-0.4, -0.2) is 107 Å². The number of benzene rings is 5. The molecule has 0 spiro atoms. The third kappa shape index (κ3) is 14.2. The van der Waals surface area contributed by atoms with E-state index in [1.54, 1.807) is 35.5 Å². The van der Waals surface area contributed by atoms with Crippen molar-refractivity contribution in [2.75, 3.05) is 54.4 Å². The van der Waals surface area contributed by atoms with Gasteiger partial charge in [0.1, 0.15) is 11.6 Å². The van der Waals surface area contributed by atoms with Crippen LogP contribution in [0, 0.1) is 32.4 Å². The molecule has 7 aromatic heterocycles. The minimum atomic E-state index is -0.157. The summed E-state index contributed by atoms with van der Waals surface area (Å²) in [4.78, 5) is 22.5. The van der Waals surface area contributed by atoms with Crippen molar-refractivity contribution < 1.29 is 8.78 Å². The van der Waals surface area contributed by atoms with Gasteiger partial charge in [0, 0.05) is 213 Å². The topological polar surface area (TPSA) is 71.4 Å². The molecule has 0 atom stereocenters. The van der Waals surface area contributed by atoms with Crippen LogP contribution < -0.4 is 0 Å². The van der Waals surface area contributed by atoms with Crippen molar-refractivity contribution in [3.63, 3.8) is 0 Å². The first kappa shape index (κ1) is 63.2. The Morgan fingerprint density at radius 3 is 1.19 bits per heavy atom. The molecule has 13 heteroatoms. The van der Waals surface area contributed by atoms with E-state index in [0.29, 0.717) is 0 Å². The Balaban J connectivity index is 0.000000113. The number of aromatic nitrogens is 7. The zero-order valence-electron chi connectivity index (χ0n) is 55.5. The molecule has 5 aromatic carbocycles. The summed E-state index contributed by atoms with van der Waals surface area (Å²) >= 11 is 0. The summed E-state index contributed by atoms with van der Waals surface area (Å²) in [5.41, 5.74) is 25.4. The van der Waals surface area contributed by atoms with E-state index in [9.17, 15) is 8.78 Å². The van der Waals surface area contributed by atoms with Gasteiger partial charge in [-0.25, -0.2) is 8.78 Å². The summed E-state index contributed by atoms with van der Waals surface area (Å²) in [6.45, 7) is 18.6. The maximum atomic E-state index is 13.8. The summed E-state index contributed by atoms with van der Waals surface area (Å²) in [5.74, 6) is -0.311. The minimum absolute atomic E-state index is 0.154. The average Bonchev–Trinajstić information content (AvgIpc) is 1.64. The third-order valence-corrected chi connectivity index (χ3v) is 19.7. The van der Waals surface area contributed by atoms with Crippen molar-refractivity contribution in [1.29, 1.82) is 0 Å². The van der Waals surface area contributed by atoms with Crippen LogP contribution in [-0.2, 0) is 104 Å². The van der Waals surface area contributed by atoms with E-state index < -0.39 is 0 Å². The lowest BCUT2D eigenvalue weighted by Gasteiger charge is -2.24. The third-order valence-electron chi connectivity index (χ3n) is 19.7. The standard InChI is InChI=1S/C21H24N2.C20H22FN3.C20H23N3.C19H20FN3/c1-16-8-9-20-18(14-16)19-15-22(2)12-11-21(19)23(20)13-10-17-6-4-3-5-7-17;1-14-3-4-15(12-22-14)7-10-24-19-6-5-16(21)11-17(19)18-13-23(2)9-8-20(18)24;1-15-5-6-19-17(12-15)18-14-22(2)10-8-20(18)23(19)11-7-16-4-3-9-21-13-16;1-22-10-8-19-17(13-22)16-12-14(20)5-6-18(16)23(19)11-7-15-4-2-3-9-21-15/h3-9,14H,10-13,15H2,1-2H3;3-6,11-12H,7-10,13H2,1-2H3;3-6,9,12-13H,7-8,10-11,14H2,1-2H3;2-6,9,12H,7-8,10-11,13H2,1H3. The molecule has 0 aliphatic carbocycles. The summed E-state index contributed by atoms with van der Waals surface area (Å²) in [6.07, 6.45) is 15.9. The molecular weight excluding hydrogens is 1150 g/mol. The Kier molecular flexibility index (Phi) is 19.2. The molecule has 93 heavy (non-hydrogen) atoms. The van der Waals surface area contributed by atoms with Gasteiger partial charge in [0.2, 0.25) is 0 Å². The van der Waals surface area contributed by atoms with Crippen molar-refractivity contribution in [1.82, 2.24) is 52.8 Å². The maximum absolute atomic E-state index is 13.8. The lowest BCUT2D eigenvalue weighted by atomic mass is 10.0. The van der Waals surface area contributed by atoms with Crippen LogP contribution in [0.5, 0.6) is 0 Å². The molecule has 0 amide bonds. The van der Waals surface area contributed by atoms with E-state index in [1.807, 2.05) is 62.0 Å². The smallest absolute Gasteiger partial charge is 0.123 e. The van der Waals surface area contributed by atoms with Gasteiger partial charge in [-0.1, -0.05) is 71.8 Å². The molecule has 0 unspecified atom stereocenters. The molecule has 4 aliphatic heterocycles. The summed E-state index contributed by atoms with van der Waals surface area (Å²) in [7, 11) is 8.70. The second-order valence-corrected chi connectivity index (χ2v) is 26.6. The van der Waals surface area contributed by atoms with Crippen LogP contribution in [0.1, 0.15) is 84.2 Å². The molecule has 0 fully saturated rings. The Morgan fingerprint density at radius 2 is 0.774 bits per heavy atom. The Morgan fingerprint density at radius 1 is 0.366 bits per heavy atom. The molecule has 478 valence electrons. The number of fused-ring (bicyclic) bond motifs is 12. The number of pyridine rings is 3. The van der Waals surface area contributed by atoms with Crippen molar-refractivity contribution in [3.8, 4) is 0 Å². The van der Waals surface area contributed by atoms with Gasteiger partial charge in [-0.05, 0) is 192 Å². The second-order valence-electron chi connectivity index (χ2n) is 26.6. The van der Waals surface area contributed by atoms with Gasteiger partial charge in [0.15, 0.2) is 0 Å². The summed E-state index contributed by atoms with van der Waals surface area (Å²) in [5, 5.41) is 5.03. The first-order chi connectivity index (χ1) is 45.3. The molecule has 0 bridgehead atoms. The zero-order chi connectivity index (χ0) is 64.1. The van der Waals surface area contributed by atoms with E-state index in [-0.39, 0.29) is 11.6 Å². The van der Waals surface area contributed by atoms with Gasteiger partial charge in [0.05, 0.1) is 0 Å². The molecular formula is C80H89F2N11. The predicted molar refractivity (Wildman–Crippen MR) is 376 cm³/mol. The van der Waals surface area contributed by atoms with Crippen molar-refractivity contribution in [2.45, 2.75) is 124 Å². The van der Waals surface area contributed by atoms with Gasteiger partial charge in [-0.3, -0.25) is 15.0 Å². The van der Waals surface area contributed by atoms with E-state index >= 15 is 0 Å². The number of likely N-dealkylation sites (N-methyl/N-ethyl adjacent to an activating group) is 4. The van der Waals surface area contributed by atoms with Crippen LogP contribution in [0.3, 0.4) is 0 Å². The fraction of sp³-hybridized carbons (Fsp3) is 0.338. The molecule has 11 nitrogen and oxygen atoms in total. The Hall–Kier alpha value is -8.59. The van der Waals surface area contributed by atoms with Crippen molar-refractivity contribution in [2.24, 2.45) is 0 Å². The molecule has 11 heterocycles. The molecule has 4 aliphatic rings. The zero-order valence-corrected chi connectivity index (χ0v) is 55.5. The predicted octanol–water partition coefficient (Wildman–Crippen LogP) is 14.9. The van der Waals surface area contributed by atoms with Crippen LogP contribution in [0.4, 0.5) is 8.78 Å². The van der Waals surface area contributed by atoms with Gasteiger partial charge in [-0.2, -0.15) is 0 Å². The van der Waals surface area contributed by atoms with E-state index in [1.165, 1.54) is 83.4 Å². The molecule has 0 N–H and O–H groups in total. The maximum Gasteiger partial charge on any atom is 0.123 e. The van der Waals surface area contributed by atoms with Gasteiger partial charge < -0.3 is 37.9 Å². The van der Waals surface area contributed by atoms with Gasteiger partial charge >= 0.3 is 0 Å². The number of aryl methyl sites for hydroxylation is 11. The molecule has 0 radical (unpaired) electrons. The van der Waals surface area contributed by atoms with Crippen LogP contribution in [0.25, 0.3) is 43.6 Å². The lowest BCUT2D eigenvalue weighted by molar-refractivity contribution is 0.309. The quantitative estimate of drug-likeness (QED) is 0.121. The fourth-order valence-corrected chi connectivity index (χ4v) is 14.9. The van der Waals surface area contributed by atoms with Gasteiger partial charge in [0.25, 0.3) is 0 Å². The number of halogens is 2. The number of nitrogens with zero attached hydrogens (tertiary/aromatic N) is 11. The SMILES string of the molecule is CN1CCc2c(c3cc(F)ccc3n2CCc2ccccn2)C1.Cc1ccc(CCn2c3c(c4cc(F)ccc42)CN(C)CC3)cn1.Cc1ccc2c(c1)c1c(n2CCc2ccccc2)CCN(C)C1.Cc1ccc2c(c1)c1c(n2CCc2cccnc2)CCN(C)C1. The highest BCUT2D eigenvalue weighted by Crippen LogP contribution is 2.36. The Bertz CT molecular complexity index is 4200. The average molecular weight is 1240 g/mol. The van der Waals surface area contributed by atoms with Gasteiger partial charge in [-0.15, -0.1) is 0 Å². The lowest BCUT2D eigenvalue weighted by Crippen LogP contribution is -2.27. The number of hydrogen-bond donors (Lipinski definition) is 0. The molecule has 16 rings (SSSR count). The van der Waals surface area contributed by atoms with Crippen LogP contribution >= 0.6 is 0 Å². The van der Waals surface area contributed by atoms with E-state index in [4.69, 9.17) is 0 Å². The molecule has 12 aromatic rings. The highest BCUT2D eigenvalue weighted by Gasteiger charge is 2.27. The fourth-order valence-electron chi connectivity index (χ4n) is 14.9. The van der Waals surface area contributed by atoms with Crippen LogP contribution in [0.15, 0.2) is 170 Å². The number of rotatable bonds is 12. The Labute approximate surface area is 547 Å². The van der Waals surface area contributed by atoms with E-state index in [2.05, 4.69) is 186 Å². The second kappa shape index (κ2) is 28.3. The summed E-state index contributed by atoms with van der Waals surface area (Å²) < 4.78 is 37.4. The molecule has 0 saturated heterocycles. The monoisotopic (exact) mass is 1240 g/mol. The first-order valence-electron chi connectivity index (χ1n) is 33.6. The van der Waals surface area contributed by atoms with Crippen LogP contribution in [0.2, 0.25) is 0 Å². The van der Waals surface area contributed by atoms with E-state index in [0.717, 1.165) is 163 Å². The highest BCUT2D eigenvalue weighted by atomic mass is 19.1. The van der Waals surface area contributed by atoms with Crippen molar-refractivity contribution >= 4 is 43.6 Å². The summed E-state index contributed by atoms with van der Waals surface area (Å²) in [6, 6.07) is 49.4. The first-order valence-corrected chi connectivity index (χ1v) is 33.6. The number of hydrogen-bond acceptors (Lipinski definition) is 7. The molecule has 0 saturated carbocycles.